The fourth-order valence-electron chi connectivity index (χ4n) is 5.74. The lowest BCUT2D eigenvalue weighted by Gasteiger charge is -2.44. The van der Waals surface area contributed by atoms with Crippen molar-refractivity contribution in [1.29, 1.82) is 0 Å². The molecule has 2 atom stereocenters. The Bertz CT molecular complexity index is 1180. The van der Waals surface area contributed by atoms with Crippen LogP contribution in [0, 0.1) is 5.82 Å². The van der Waals surface area contributed by atoms with E-state index in [-0.39, 0.29) is 17.3 Å². The molecule has 0 bridgehead atoms. The van der Waals surface area contributed by atoms with Crippen LogP contribution in [-0.4, -0.2) is 47.8 Å². The molecule has 2 aliphatic heterocycles. The molecular weight excluding hydrogens is 435 g/mol. The number of rotatable bonds is 4. The number of likely N-dealkylation sites (tertiary alicyclic amines) is 1. The van der Waals surface area contributed by atoms with Gasteiger partial charge in [0.25, 0.3) is 0 Å². The summed E-state index contributed by atoms with van der Waals surface area (Å²) >= 11 is 6.46. The van der Waals surface area contributed by atoms with E-state index in [1.807, 2.05) is 36.4 Å². The smallest absolute Gasteiger partial charge is 0.131 e. The van der Waals surface area contributed by atoms with Crippen LogP contribution in [0.5, 0.6) is 0 Å². The molecule has 3 aromatic rings. The van der Waals surface area contributed by atoms with Gasteiger partial charge >= 0.3 is 0 Å². The maximum absolute atomic E-state index is 13.7. The Kier molecular flexibility index (Phi) is 6.04. The summed E-state index contributed by atoms with van der Waals surface area (Å²) in [6.07, 6.45) is 3.30. The first-order valence-electron chi connectivity index (χ1n) is 11.7. The Labute approximate surface area is 200 Å². The number of benzene rings is 3. The van der Waals surface area contributed by atoms with E-state index < -0.39 is 6.23 Å². The van der Waals surface area contributed by atoms with E-state index in [0.29, 0.717) is 11.6 Å². The van der Waals surface area contributed by atoms with Crippen LogP contribution < -0.4 is 0 Å². The summed E-state index contributed by atoms with van der Waals surface area (Å²) < 4.78 is 13.7. The molecule has 2 heterocycles. The number of nitrogens with zero attached hydrogens (tertiary/aromatic N) is 2. The maximum Gasteiger partial charge on any atom is 0.131 e. The highest BCUT2D eigenvalue weighted by atomic mass is 35.5. The Morgan fingerprint density at radius 2 is 1.76 bits per heavy atom. The molecule has 5 rings (SSSR count). The van der Waals surface area contributed by atoms with E-state index >= 15 is 0 Å². The summed E-state index contributed by atoms with van der Waals surface area (Å²) in [6.45, 7) is 4.68. The molecule has 1 saturated heterocycles. The Balaban J connectivity index is 1.50. The molecule has 0 aromatic heterocycles. The first-order chi connectivity index (χ1) is 15.9. The van der Waals surface area contributed by atoms with Crippen molar-refractivity contribution >= 4 is 22.4 Å². The predicted molar refractivity (Wildman–Crippen MR) is 133 cm³/mol. The fourth-order valence-corrected chi connectivity index (χ4v) is 5.97. The van der Waals surface area contributed by atoms with Gasteiger partial charge in [-0.05, 0) is 91.6 Å². The lowest BCUT2D eigenvalue weighted by molar-refractivity contribution is 0.0153. The van der Waals surface area contributed by atoms with Gasteiger partial charge in [0.05, 0.1) is 0 Å². The molecule has 1 fully saturated rings. The van der Waals surface area contributed by atoms with Gasteiger partial charge in [-0.1, -0.05) is 54.1 Å². The van der Waals surface area contributed by atoms with Crippen LogP contribution in [0.15, 0.2) is 72.3 Å². The molecule has 0 radical (unpaired) electrons. The van der Waals surface area contributed by atoms with Gasteiger partial charge in [0, 0.05) is 23.0 Å². The van der Waals surface area contributed by atoms with Gasteiger partial charge in [-0.25, -0.2) is 4.39 Å². The summed E-state index contributed by atoms with van der Waals surface area (Å²) in [7, 11) is 2.13. The normalized spacial score (nSPS) is 22.5. The molecule has 5 heteroatoms. The standard InChI is InChI=1S/C28H30ClFN2O/c1-19(25-18-22(29)17-20-5-3-4-6-24(20)25)32-14-11-26(27(32)33)28(12-15-31(2)16-13-28)21-7-9-23(30)10-8-21/h3-11,17-19,27,33H,12-16H2,1-2H3/t19-,27?/m1/s1. The van der Waals surface area contributed by atoms with Crippen molar-refractivity contribution < 1.29 is 9.50 Å². The van der Waals surface area contributed by atoms with E-state index in [9.17, 15) is 9.50 Å². The van der Waals surface area contributed by atoms with E-state index in [1.165, 1.54) is 12.1 Å². The predicted octanol–water partition coefficient (Wildman–Crippen LogP) is 5.92. The quantitative estimate of drug-likeness (QED) is 0.486. The summed E-state index contributed by atoms with van der Waals surface area (Å²) in [6, 6.07) is 19.1. The lowest BCUT2D eigenvalue weighted by atomic mass is 9.67. The molecule has 3 aromatic carbocycles. The third kappa shape index (κ3) is 4.00. The van der Waals surface area contributed by atoms with Gasteiger partial charge in [0.1, 0.15) is 12.0 Å². The molecule has 2 aliphatic rings. The Hall–Kier alpha value is -2.24. The van der Waals surface area contributed by atoms with Crippen LogP contribution >= 0.6 is 11.6 Å². The fraction of sp³-hybridized carbons (Fsp3) is 0.357. The molecule has 0 spiro atoms. The lowest BCUT2D eigenvalue weighted by Crippen LogP contribution is -2.46. The highest BCUT2D eigenvalue weighted by molar-refractivity contribution is 6.31. The molecular formula is C28H30ClFN2O. The largest absolute Gasteiger partial charge is 0.374 e. The number of aliphatic hydroxyl groups is 1. The van der Waals surface area contributed by atoms with Gasteiger partial charge in [-0.2, -0.15) is 0 Å². The summed E-state index contributed by atoms with van der Waals surface area (Å²) in [5, 5.41) is 14.6. The summed E-state index contributed by atoms with van der Waals surface area (Å²) in [4.78, 5) is 4.46. The molecule has 33 heavy (non-hydrogen) atoms. The first-order valence-corrected chi connectivity index (χ1v) is 12.0. The van der Waals surface area contributed by atoms with Crippen molar-refractivity contribution in [1.82, 2.24) is 9.80 Å². The zero-order valence-corrected chi connectivity index (χ0v) is 19.9. The first kappa shape index (κ1) is 22.5. The van der Waals surface area contributed by atoms with Gasteiger partial charge in [-0.3, -0.25) is 4.90 Å². The monoisotopic (exact) mass is 464 g/mol. The Morgan fingerprint density at radius 3 is 2.48 bits per heavy atom. The molecule has 1 unspecified atom stereocenters. The second-order valence-electron chi connectivity index (χ2n) is 9.51. The van der Waals surface area contributed by atoms with Crippen LogP contribution in [0.2, 0.25) is 5.02 Å². The van der Waals surface area contributed by atoms with E-state index in [2.05, 4.69) is 42.0 Å². The molecule has 0 amide bonds. The van der Waals surface area contributed by atoms with Crippen molar-refractivity contribution in [2.24, 2.45) is 0 Å². The number of hydrogen-bond donors (Lipinski definition) is 1. The molecule has 0 saturated carbocycles. The minimum Gasteiger partial charge on any atom is -0.374 e. The van der Waals surface area contributed by atoms with Crippen LogP contribution in [0.4, 0.5) is 4.39 Å². The highest BCUT2D eigenvalue weighted by Gasteiger charge is 2.45. The van der Waals surface area contributed by atoms with Gasteiger partial charge in [-0.15, -0.1) is 0 Å². The van der Waals surface area contributed by atoms with E-state index in [4.69, 9.17) is 11.6 Å². The zero-order chi connectivity index (χ0) is 23.2. The van der Waals surface area contributed by atoms with Crippen LogP contribution in [0.25, 0.3) is 10.8 Å². The number of fused-ring (bicyclic) bond motifs is 1. The van der Waals surface area contributed by atoms with Crippen LogP contribution in [0.1, 0.15) is 36.9 Å². The van der Waals surface area contributed by atoms with Crippen molar-refractivity contribution in [3.05, 3.63) is 94.3 Å². The van der Waals surface area contributed by atoms with Crippen molar-refractivity contribution in [3.8, 4) is 0 Å². The van der Waals surface area contributed by atoms with Crippen LogP contribution in [-0.2, 0) is 5.41 Å². The van der Waals surface area contributed by atoms with Crippen molar-refractivity contribution in [2.75, 3.05) is 26.7 Å². The average Bonchev–Trinajstić information content (AvgIpc) is 3.21. The second-order valence-corrected chi connectivity index (χ2v) is 9.95. The molecule has 172 valence electrons. The zero-order valence-electron chi connectivity index (χ0n) is 19.1. The van der Waals surface area contributed by atoms with Gasteiger partial charge in [0.15, 0.2) is 0 Å². The van der Waals surface area contributed by atoms with Crippen molar-refractivity contribution in [2.45, 2.75) is 37.5 Å². The van der Waals surface area contributed by atoms with E-state index in [0.717, 1.165) is 53.4 Å². The molecule has 1 N–H and O–H groups in total. The van der Waals surface area contributed by atoms with Gasteiger partial charge < -0.3 is 10.0 Å². The maximum atomic E-state index is 13.7. The number of halogens is 2. The van der Waals surface area contributed by atoms with Crippen molar-refractivity contribution in [3.63, 3.8) is 0 Å². The third-order valence-corrected chi connectivity index (χ3v) is 7.93. The molecule has 0 aliphatic carbocycles. The minimum absolute atomic E-state index is 0.0196. The number of aliphatic hydroxyl groups excluding tert-OH is 1. The topological polar surface area (TPSA) is 26.7 Å². The van der Waals surface area contributed by atoms with Crippen LogP contribution in [0.3, 0.4) is 0 Å². The Morgan fingerprint density at radius 1 is 1.06 bits per heavy atom. The SMILES string of the molecule is C[C@H](c1cc(Cl)cc2ccccc12)N1CC=C(C2(c3ccc(F)cc3)CCN(C)CC2)C1O. The summed E-state index contributed by atoms with van der Waals surface area (Å²) in [5.74, 6) is -0.231. The third-order valence-electron chi connectivity index (χ3n) is 7.71. The second kappa shape index (κ2) is 8.84. The van der Waals surface area contributed by atoms with Gasteiger partial charge in [0.2, 0.25) is 0 Å². The summed E-state index contributed by atoms with van der Waals surface area (Å²) in [5.41, 5.74) is 2.96. The highest BCUT2D eigenvalue weighted by Crippen LogP contribution is 2.47. The minimum atomic E-state index is -0.703. The molecule has 3 nitrogen and oxygen atoms in total. The van der Waals surface area contributed by atoms with E-state index in [1.54, 1.807) is 0 Å². The average molecular weight is 465 g/mol. The number of piperidine rings is 1. The number of hydrogen-bond acceptors (Lipinski definition) is 3.